The summed E-state index contributed by atoms with van der Waals surface area (Å²) in [7, 11) is 0. The van der Waals surface area contributed by atoms with E-state index in [0.29, 0.717) is 29.2 Å². The fraction of sp³-hybridized carbons (Fsp3) is 0.263. The molecular weight excluding hydrogens is 338 g/mol. The third-order valence-corrected chi connectivity index (χ3v) is 3.80. The number of carbonyl (C=O) groups excluding carboxylic acids is 2. The lowest BCUT2D eigenvalue weighted by molar-refractivity contribution is -0.124. The maximum Gasteiger partial charge on any atom is 0.338 e. The van der Waals surface area contributed by atoms with Crippen LogP contribution in [-0.4, -0.2) is 42.8 Å². The second-order valence-electron chi connectivity index (χ2n) is 5.73. The molecule has 0 radical (unpaired) electrons. The highest BCUT2D eigenvalue weighted by Gasteiger charge is 2.21. The van der Waals surface area contributed by atoms with Gasteiger partial charge in [0, 0.05) is 0 Å². The van der Waals surface area contributed by atoms with E-state index in [1.807, 2.05) is 18.2 Å². The lowest BCUT2D eigenvalue weighted by Crippen LogP contribution is -2.42. The number of para-hydroxylation sites is 2. The zero-order chi connectivity index (χ0) is 18.4. The van der Waals surface area contributed by atoms with Gasteiger partial charge in [-0.05, 0) is 29.8 Å². The molecule has 2 N–H and O–H groups in total. The number of aliphatic hydroxyl groups excluding tert-OH is 1. The Bertz CT molecular complexity index is 774. The molecule has 1 aliphatic heterocycles. The molecule has 7 heteroatoms. The van der Waals surface area contributed by atoms with E-state index in [2.05, 4.69) is 5.32 Å². The highest BCUT2D eigenvalue weighted by Crippen LogP contribution is 2.30. The van der Waals surface area contributed by atoms with E-state index in [1.165, 1.54) is 12.1 Å². The van der Waals surface area contributed by atoms with Crippen LogP contribution < -0.4 is 14.8 Å². The Morgan fingerprint density at radius 2 is 1.85 bits per heavy atom. The zero-order valence-corrected chi connectivity index (χ0v) is 14.0. The molecule has 1 amide bonds. The number of nitrogens with one attached hydrogen (secondary N) is 1. The van der Waals surface area contributed by atoms with Crippen molar-refractivity contribution in [1.29, 1.82) is 0 Å². The van der Waals surface area contributed by atoms with Gasteiger partial charge in [0.1, 0.15) is 12.7 Å². The smallest absolute Gasteiger partial charge is 0.338 e. The minimum absolute atomic E-state index is 0.102. The Labute approximate surface area is 150 Å². The highest BCUT2D eigenvalue weighted by atomic mass is 16.6. The number of amides is 1. The van der Waals surface area contributed by atoms with E-state index in [9.17, 15) is 9.59 Å². The molecule has 2 aromatic rings. The maximum atomic E-state index is 11.9. The van der Waals surface area contributed by atoms with Gasteiger partial charge in [-0.15, -0.1) is 0 Å². The normalized spacial score (nSPS) is 15.2. The van der Waals surface area contributed by atoms with Crippen molar-refractivity contribution in [3.05, 3.63) is 59.7 Å². The first-order chi connectivity index (χ1) is 12.7. The second kappa shape index (κ2) is 8.35. The van der Waals surface area contributed by atoms with Gasteiger partial charge in [-0.3, -0.25) is 4.79 Å². The van der Waals surface area contributed by atoms with Crippen LogP contribution in [0.25, 0.3) is 0 Å². The summed E-state index contributed by atoms with van der Waals surface area (Å²) in [6.45, 7) is 0.0874. The molecule has 0 aliphatic carbocycles. The molecule has 1 aliphatic rings. The van der Waals surface area contributed by atoms with E-state index in [1.54, 1.807) is 18.2 Å². The predicted molar refractivity (Wildman–Crippen MR) is 92.0 cm³/mol. The summed E-state index contributed by atoms with van der Waals surface area (Å²) in [5.41, 5.74) is 1.01. The first-order valence-corrected chi connectivity index (χ1v) is 8.18. The summed E-state index contributed by atoms with van der Waals surface area (Å²) in [5, 5.41) is 11.6. The van der Waals surface area contributed by atoms with Crippen LogP contribution in [0.2, 0.25) is 0 Å². The van der Waals surface area contributed by atoms with Crippen LogP contribution in [0.5, 0.6) is 11.5 Å². The van der Waals surface area contributed by atoms with Crippen molar-refractivity contribution in [3.63, 3.8) is 0 Å². The van der Waals surface area contributed by atoms with Crippen molar-refractivity contribution in [2.45, 2.75) is 12.7 Å². The number of fused-ring (bicyclic) bond motifs is 1. The molecular formula is C19H19NO6. The number of aliphatic hydroxyl groups is 1. The average Bonchev–Trinajstić information content (AvgIpc) is 2.70. The van der Waals surface area contributed by atoms with Crippen molar-refractivity contribution in [3.8, 4) is 11.5 Å². The predicted octanol–water partition coefficient (Wildman–Crippen LogP) is 1.29. The van der Waals surface area contributed by atoms with Crippen LogP contribution in [-0.2, 0) is 16.1 Å². The molecule has 0 bridgehead atoms. The lowest BCUT2D eigenvalue weighted by Gasteiger charge is -2.26. The molecule has 1 unspecified atom stereocenters. The molecule has 0 fully saturated rings. The minimum Gasteiger partial charge on any atom is -0.486 e. The monoisotopic (exact) mass is 357 g/mol. The van der Waals surface area contributed by atoms with E-state index in [-0.39, 0.29) is 25.9 Å². The zero-order valence-electron chi connectivity index (χ0n) is 14.0. The van der Waals surface area contributed by atoms with Crippen LogP contribution in [0.15, 0.2) is 48.5 Å². The molecule has 1 heterocycles. The van der Waals surface area contributed by atoms with Gasteiger partial charge in [0.15, 0.2) is 18.1 Å². The summed E-state index contributed by atoms with van der Waals surface area (Å²) in [5.74, 6) is 0.288. The molecule has 2 aromatic carbocycles. The Hall–Kier alpha value is -3.06. The first-order valence-electron chi connectivity index (χ1n) is 8.18. The largest absolute Gasteiger partial charge is 0.486 e. The number of benzene rings is 2. The molecule has 3 rings (SSSR count). The summed E-state index contributed by atoms with van der Waals surface area (Å²) in [6, 6.07) is 13.6. The van der Waals surface area contributed by atoms with Gasteiger partial charge in [-0.1, -0.05) is 24.3 Å². The van der Waals surface area contributed by atoms with Gasteiger partial charge in [-0.2, -0.15) is 0 Å². The summed E-state index contributed by atoms with van der Waals surface area (Å²) < 4.78 is 16.3. The number of hydrogen-bond acceptors (Lipinski definition) is 6. The van der Waals surface area contributed by atoms with Crippen LogP contribution in [0.1, 0.15) is 15.9 Å². The molecule has 0 aromatic heterocycles. The van der Waals surface area contributed by atoms with Gasteiger partial charge >= 0.3 is 5.97 Å². The number of rotatable bonds is 6. The van der Waals surface area contributed by atoms with Crippen LogP contribution >= 0.6 is 0 Å². The summed E-state index contributed by atoms with van der Waals surface area (Å²) >= 11 is 0. The van der Waals surface area contributed by atoms with Crippen molar-refractivity contribution < 1.29 is 28.9 Å². The SMILES string of the molecule is O=C(COC(=O)c1ccc(CO)cc1)NCC1COc2ccccc2O1. The van der Waals surface area contributed by atoms with E-state index in [0.717, 1.165) is 0 Å². The van der Waals surface area contributed by atoms with Gasteiger partial charge in [-0.25, -0.2) is 4.79 Å². The third kappa shape index (κ3) is 4.52. The quantitative estimate of drug-likeness (QED) is 0.757. The van der Waals surface area contributed by atoms with E-state index < -0.39 is 11.9 Å². The van der Waals surface area contributed by atoms with Crippen LogP contribution in [0.3, 0.4) is 0 Å². The van der Waals surface area contributed by atoms with Crippen molar-refractivity contribution in [2.24, 2.45) is 0 Å². The number of ether oxygens (including phenoxy) is 3. The van der Waals surface area contributed by atoms with Crippen LogP contribution in [0.4, 0.5) is 0 Å². The number of esters is 1. The summed E-state index contributed by atoms with van der Waals surface area (Å²) in [4.78, 5) is 23.7. The van der Waals surface area contributed by atoms with E-state index in [4.69, 9.17) is 19.3 Å². The Morgan fingerprint density at radius 3 is 2.58 bits per heavy atom. The van der Waals surface area contributed by atoms with Crippen molar-refractivity contribution >= 4 is 11.9 Å². The highest BCUT2D eigenvalue weighted by molar-refractivity contribution is 5.91. The standard InChI is InChI=1S/C19H19NO6/c21-10-13-5-7-14(8-6-13)19(23)25-12-18(22)20-9-15-11-24-16-3-1-2-4-17(16)26-15/h1-8,15,21H,9-12H2,(H,20,22). The van der Waals surface area contributed by atoms with Gasteiger partial charge < -0.3 is 24.6 Å². The third-order valence-electron chi connectivity index (χ3n) is 3.80. The fourth-order valence-electron chi connectivity index (χ4n) is 2.40. The molecule has 136 valence electrons. The topological polar surface area (TPSA) is 94.1 Å². The maximum absolute atomic E-state index is 11.9. The molecule has 1 atom stereocenters. The van der Waals surface area contributed by atoms with Gasteiger partial charge in [0.25, 0.3) is 5.91 Å². The Kier molecular flexibility index (Phi) is 5.70. The summed E-state index contributed by atoms with van der Waals surface area (Å²) in [6.07, 6.45) is -0.310. The number of hydrogen-bond donors (Lipinski definition) is 2. The van der Waals surface area contributed by atoms with Crippen molar-refractivity contribution in [2.75, 3.05) is 19.8 Å². The average molecular weight is 357 g/mol. The van der Waals surface area contributed by atoms with Gasteiger partial charge in [0.2, 0.25) is 0 Å². The van der Waals surface area contributed by atoms with Crippen LogP contribution in [0, 0.1) is 0 Å². The van der Waals surface area contributed by atoms with Crippen molar-refractivity contribution in [1.82, 2.24) is 5.32 Å². The molecule has 26 heavy (non-hydrogen) atoms. The molecule has 7 nitrogen and oxygen atoms in total. The fourth-order valence-corrected chi connectivity index (χ4v) is 2.40. The Morgan fingerprint density at radius 1 is 1.12 bits per heavy atom. The van der Waals surface area contributed by atoms with Gasteiger partial charge in [0.05, 0.1) is 18.7 Å². The van der Waals surface area contributed by atoms with E-state index >= 15 is 0 Å². The molecule has 0 saturated heterocycles. The molecule has 0 spiro atoms. The second-order valence-corrected chi connectivity index (χ2v) is 5.73. The Balaban J connectivity index is 1.41. The molecule has 0 saturated carbocycles. The lowest BCUT2D eigenvalue weighted by atomic mass is 10.1. The first kappa shape index (κ1) is 17.8. The number of carbonyl (C=O) groups is 2. The minimum atomic E-state index is -0.601.